The Hall–Kier alpha value is -1.69. The minimum absolute atomic E-state index is 0.698. The molecule has 0 saturated carbocycles. The second-order valence-corrected chi connectivity index (χ2v) is 4.50. The lowest BCUT2D eigenvalue weighted by Gasteiger charge is -2.06. The molecular weight excluding hydrogens is 282 g/mol. The topological polar surface area (TPSA) is 62.2 Å². The van der Waals surface area contributed by atoms with Crippen LogP contribution in [-0.2, 0) is 0 Å². The fourth-order valence-electron chi connectivity index (χ4n) is 1.67. The largest absolute Gasteiger partial charge is 0.354 e. The van der Waals surface area contributed by atoms with Gasteiger partial charge < -0.3 is 10.6 Å². The molecule has 0 spiro atoms. The zero-order chi connectivity index (χ0) is 11.7. The van der Waals surface area contributed by atoms with Crippen LogP contribution in [-0.4, -0.2) is 29.0 Å². The van der Waals surface area contributed by atoms with Gasteiger partial charge >= 0.3 is 0 Å². The first-order chi connectivity index (χ1) is 8.33. The summed E-state index contributed by atoms with van der Waals surface area (Å²) in [5, 5.41) is 6.23. The maximum Gasteiger partial charge on any atom is 0.197 e. The van der Waals surface area contributed by atoms with Gasteiger partial charge in [-0.2, -0.15) is 0 Å². The van der Waals surface area contributed by atoms with Crippen LogP contribution in [0.1, 0.15) is 0 Å². The van der Waals surface area contributed by atoms with Crippen LogP contribution < -0.4 is 10.6 Å². The summed E-state index contributed by atoms with van der Waals surface area (Å²) in [6.07, 6.45) is 1.70. The number of hydrogen-bond donors (Lipinski definition) is 2. The van der Waals surface area contributed by atoms with Gasteiger partial charge in [-0.25, -0.2) is 9.97 Å². The third-order valence-corrected chi connectivity index (χ3v) is 3.08. The van der Waals surface area contributed by atoms with Gasteiger partial charge in [0.05, 0.1) is 18.3 Å². The van der Waals surface area contributed by atoms with Crippen molar-refractivity contribution in [1.82, 2.24) is 15.3 Å². The van der Waals surface area contributed by atoms with Gasteiger partial charge in [-0.3, -0.25) is 4.99 Å². The molecule has 6 heteroatoms. The minimum Gasteiger partial charge on any atom is -0.354 e. The number of benzene rings is 1. The van der Waals surface area contributed by atoms with Crippen LogP contribution in [0.2, 0.25) is 0 Å². The van der Waals surface area contributed by atoms with Crippen LogP contribution in [0.15, 0.2) is 33.9 Å². The van der Waals surface area contributed by atoms with E-state index >= 15 is 0 Å². The number of halogens is 1. The van der Waals surface area contributed by atoms with Crippen molar-refractivity contribution >= 4 is 38.7 Å². The van der Waals surface area contributed by atoms with E-state index in [0.717, 1.165) is 34.6 Å². The molecule has 1 aromatic carbocycles. The third kappa shape index (κ3) is 2.08. The highest BCUT2D eigenvalue weighted by Crippen LogP contribution is 2.21. The molecule has 0 fully saturated rings. The fraction of sp³-hybridized carbons (Fsp3) is 0.182. The highest BCUT2D eigenvalue weighted by atomic mass is 79.9. The summed E-state index contributed by atoms with van der Waals surface area (Å²) in [5.41, 5.74) is 1.71. The van der Waals surface area contributed by atoms with Crippen molar-refractivity contribution in [1.29, 1.82) is 0 Å². The van der Waals surface area contributed by atoms with Crippen LogP contribution in [0, 0.1) is 0 Å². The number of anilines is 1. The van der Waals surface area contributed by atoms with Crippen molar-refractivity contribution in [3.63, 3.8) is 0 Å². The fourth-order valence-corrected chi connectivity index (χ4v) is 2.13. The molecule has 2 heterocycles. The van der Waals surface area contributed by atoms with Gasteiger partial charge in [0.15, 0.2) is 11.8 Å². The molecular formula is C11H10BrN5. The van der Waals surface area contributed by atoms with Gasteiger partial charge in [0.25, 0.3) is 0 Å². The summed E-state index contributed by atoms with van der Waals surface area (Å²) in [5.74, 6) is 1.46. The summed E-state index contributed by atoms with van der Waals surface area (Å²) in [7, 11) is 0. The van der Waals surface area contributed by atoms with Crippen LogP contribution >= 0.6 is 15.9 Å². The molecule has 0 amide bonds. The second-order valence-electron chi connectivity index (χ2n) is 3.64. The summed E-state index contributed by atoms with van der Waals surface area (Å²) in [6, 6.07) is 5.82. The van der Waals surface area contributed by atoms with E-state index in [2.05, 4.69) is 41.5 Å². The predicted molar refractivity (Wildman–Crippen MR) is 71.2 cm³/mol. The van der Waals surface area contributed by atoms with Gasteiger partial charge in [0.2, 0.25) is 0 Å². The van der Waals surface area contributed by atoms with Crippen molar-refractivity contribution in [2.75, 3.05) is 18.4 Å². The zero-order valence-corrected chi connectivity index (χ0v) is 10.5. The predicted octanol–water partition coefficient (Wildman–Crippen LogP) is 1.76. The Bertz CT molecular complexity index is 595. The Morgan fingerprint density at radius 2 is 2.29 bits per heavy atom. The normalized spacial score (nSPS) is 14.5. The molecule has 0 aliphatic carbocycles. The van der Waals surface area contributed by atoms with Crippen LogP contribution in [0.25, 0.3) is 11.0 Å². The van der Waals surface area contributed by atoms with Crippen molar-refractivity contribution in [3.05, 3.63) is 28.9 Å². The number of nitrogens with zero attached hydrogens (tertiary/aromatic N) is 3. The van der Waals surface area contributed by atoms with E-state index in [0.29, 0.717) is 5.82 Å². The summed E-state index contributed by atoms with van der Waals surface area (Å²) >= 11 is 3.45. The molecule has 2 N–H and O–H groups in total. The molecule has 0 saturated heterocycles. The number of hydrogen-bond acceptors (Lipinski definition) is 5. The van der Waals surface area contributed by atoms with Gasteiger partial charge in [-0.05, 0) is 28.1 Å². The first kappa shape index (κ1) is 10.5. The Morgan fingerprint density at radius 1 is 1.35 bits per heavy atom. The van der Waals surface area contributed by atoms with Crippen molar-refractivity contribution in [2.45, 2.75) is 0 Å². The molecule has 1 aliphatic rings. The molecule has 3 rings (SSSR count). The summed E-state index contributed by atoms with van der Waals surface area (Å²) in [4.78, 5) is 13.1. The first-order valence-electron chi connectivity index (χ1n) is 5.29. The quantitative estimate of drug-likeness (QED) is 0.841. The van der Waals surface area contributed by atoms with Crippen LogP contribution in [0.4, 0.5) is 5.82 Å². The number of guanidine groups is 1. The van der Waals surface area contributed by atoms with E-state index in [1.165, 1.54) is 0 Å². The Labute approximate surface area is 107 Å². The van der Waals surface area contributed by atoms with E-state index in [9.17, 15) is 0 Å². The number of nitrogens with one attached hydrogen (secondary N) is 2. The van der Waals surface area contributed by atoms with Crippen molar-refractivity contribution in [2.24, 2.45) is 4.99 Å². The maximum atomic E-state index is 4.48. The van der Waals surface area contributed by atoms with E-state index in [1.807, 2.05) is 18.2 Å². The Balaban J connectivity index is 1.96. The Morgan fingerprint density at radius 3 is 3.12 bits per heavy atom. The van der Waals surface area contributed by atoms with E-state index < -0.39 is 0 Å². The lowest BCUT2D eigenvalue weighted by atomic mass is 10.3. The van der Waals surface area contributed by atoms with Gasteiger partial charge in [0.1, 0.15) is 5.52 Å². The molecule has 2 aromatic rings. The molecule has 0 atom stereocenters. The van der Waals surface area contributed by atoms with E-state index in [-0.39, 0.29) is 0 Å². The summed E-state index contributed by atoms with van der Waals surface area (Å²) < 4.78 is 0.949. The average molecular weight is 292 g/mol. The maximum absolute atomic E-state index is 4.48. The lowest BCUT2D eigenvalue weighted by Crippen LogP contribution is -2.26. The minimum atomic E-state index is 0.698. The highest BCUT2D eigenvalue weighted by molar-refractivity contribution is 9.10. The molecule has 1 aliphatic heterocycles. The zero-order valence-electron chi connectivity index (χ0n) is 8.94. The molecule has 0 unspecified atom stereocenters. The number of aromatic nitrogens is 2. The standard InChI is InChI=1S/C11H10BrN5/c12-7-2-1-3-8-10(7)15-6-9(16-8)17-11-13-4-5-14-11/h1-3,6H,4-5H2,(H2,13,14,16,17). The van der Waals surface area contributed by atoms with Crippen LogP contribution in [0.5, 0.6) is 0 Å². The SMILES string of the molecule is Brc1cccc2nc(NC3=NCCN3)cnc12. The van der Waals surface area contributed by atoms with E-state index in [4.69, 9.17) is 0 Å². The summed E-state index contributed by atoms with van der Waals surface area (Å²) in [6.45, 7) is 1.67. The number of rotatable bonds is 1. The highest BCUT2D eigenvalue weighted by Gasteiger charge is 2.07. The molecule has 1 aromatic heterocycles. The second kappa shape index (κ2) is 4.29. The molecule has 5 nitrogen and oxygen atoms in total. The monoisotopic (exact) mass is 291 g/mol. The average Bonchev–Trinajstić information content (AvgIpc) is 2.82. The van der Waals surface area contributed by atoms with E-state index in [1.54, 1.807) is 6.20 Å². The van der Waals surface area contributed by atoms with Gasteiger partial charge in [-0.15, -0.1) is 0 Å². The number of fused-ring (bicyclic) bond motifs is 1. The number of aliphatic imine (C=N–C) groups is 1. The van der Waals surface area contributed by atoms with Crippen molar-refractivity contribution in [3.8, 4) is 0 Å². The molecule has 17 heavy (non-hydrogen) atoms. The number of para-hydroxylation sites is 1. The van der Waals surface area contributed by atoms with Crippen molar-refractivity contribution < 1.29 is 0 Å². The molecule has 0 bridgehead atoms. The Kier molecular flexibility index (Phi) is 2.64. The van der Waals surface area contributed by atoms with Gasteiger partial charge in [0, 0.05) is 11.0 Å². The molecule has 86 valence electrons. The third-order valence-electron chi connectivity index (χ3n) is 2.44. The molecule has 0 radical (unpaired) electrons. The van der Waals surface area contributed by atoms with Gasteiger partial charge in [-0.1, -0.05) is 6.07 Å². The lowest BCUT2D eigenvalue weighted by molar-refractivity contribution is 0.958. The first-order valence-corrected chi connectivity index (χ1v) is 6.09. The van der Waals surface area contributed by atoms with Crippen LogP contribution in [0.3, 0.4) is 0 Å². The smallest absolute Gasteiger partial charge is 0.197 e.